The first kappa shape index (κ1) is 15.1. The summed E-state index contributed by atoms with van der Waals surface area (Å²) in [6.45, 7) is 6.28. The molecule has 2 rings (SSSR count). The molecule has 5 heteroatoms. The van der Waals surface area contributed by atoms with E-state index in [4.69, 9.17) is 10.2 Å². The van der Waals surface area contributed by atoms with Gasteiger partial charge in [-0.15, -0.1) is 10.2 Å². The van der Waals surface area contributed by atoms with Crippen LogP contribution in [-0.2, 0) is 5.75 Å². The zero-order valence-electron chi connectivity index (χ0n) is 12.2. The minimum atomic E-state index is -0.179. The quantitative estimate of drug-likeness (QED) is 0.822. The van der Waals surface area contributed by atoms with Gasteiger partial charge >= 0.3 is 0 Å². The van der Waals surface area contributed by atoms with Crippen molar-refractivity contribution in [2.45, 2.75) is 44.2 Å². The third-order valence-electron chi connectivity index (χ3n) is 3.45. The van der Waals surface area contributed by atoms with E-state index in [1.54, 1.807) is 11.8 Å². The fourth-order valence-electron chi connectivity index (χ4n) is 1.74. The van der Waals surface area contributed by atoms with Gasteiger partial charge in [0.2, 0.25) is 5.89 Å². The first-order valence-corrected chi connectivity index (χ1v) is 7.86. The van der Waals surface area contributed by atoms with Crippen molar-refractivity contribution in [2.75, 3.05) is 0 Å². The molecule has 2 N–H and O–H groups in total. The molecular weight excluding hydrogens is 270 g/mol. The molecule has 2 unspecified atom stereocenters. The maximum atomic E-state index is 6.08. The van der Waals surface area contributed by atoms with Crippen LogP contribution in [0, 0.1) is 12.8 Å². The van der Waals surface area contributed by atoms with Crippen LogP contribution in [0.15, 0.2) is 33.9 Å². The smallest absolute Gasteiger partial charge is 0.276 e. The van der Waals surface area contributed by atoms with E-state index in [0.717, 1.165) is 12.2 Å². The predicted molar refractivity (Wildman–Crippen MR) is 81.4 cm³/mol. The van der Waals surface area contributed by atoms with Gasteiger partial charge in [-0.05, 0) is 18.4 Å². The van der Waals surface area contributed by atoms with Gasteiger partial charge in [-0.3, -0.25) is 0 Å². The second-order valence-corrected chi connectivity index (χ2v) is 6.02. The first-order valence-electron chi connectivity index (χ1n) is 6.87. The summed E-state index contributed by atoms with van der Waals surface area (Å²) in [5.41, 5.74) is 8.59. The van der Waals surface area contributed by atoms with Crippen molar-refractivity contribution in [1.82, 2.24) is 10.2 Å². The van der Waals surface area contributed by atoms with Crippen LogP contribution in [-0.4, -0.2) is 10.2 Å². The largest absolute Gasteiger partial charge is 0.414 e. The Balaban J connectivity index is 1.94. The summed E-state index contributed by atoms with van der Waals surface area (Å²) in [7, 11) is 0. The molecule has 2 atom stereocenters. The van der Waals surface area contributed by atoms with Crippen LogP contribution in [0.2, 0.25) is 0 Å². The molecule has 108 valence electrons. The van der Waals surface area contributed by atoms with E-state index in [1.807, 2.05) is 0 Å². The number of nitrogens with zero attached hydrogens (tertiary/aromatic N) is 2. The lowest BCUT2D eigenvalue weighted by atomic mass is 10.0. The third-order valence-corrected chi connectivity index (χ3v) is 4.34. The highest BCUT2D eigenvalue weighted by Gasteiger charge is 2.19. The molecule has 0 aliphatic carbocycles. The van der Waals surface area contributed by atoms with Gasteiger partial charge in [0.05, 0.1) is 6.04 Å². The van der Waals surface area contributed by atoms with E-state index in [0.29, 0.717) is 17.0 Å². The lowest BCUT2D eigenvalue weighted by molar-refractivity contribution is 0.333. The molecule has 0 aliphatic rings. The lowest BCUT2D eigenvalue weighted by Gasteiger charge is -2.13. The van der Waals surface area contributed by atoms with Crippen molar-refractivity contribution in [1.29, 1.82) is 0 Å². The number of aromatic nitrogens is 2. The van der Waals surface area contributed by atoms with Crippen LogP contribution in [0.4, 0.5) is 0 Å². The first-order chi connectivity index (χ1) is 9.60. The molecule has 0 spiro atoms. The van der Waals surface area contributed by atoms with Gasteiger partial charge in [-0.25, -0.2) is 0 Å². The molecule has 0 aliphatic heterocycles. The Kier molecular flexibility index (Phi) is 5.20. The Morgan fingerprint density at radius 1 is 1.25 bits per heavy atom. The molecule has 1 aromatic carbocycles. The van der Waals surface area contributed by atoms with Crippen molar-refractivity contribution in [3.8, 4) is 0 Å². The van der Waals surface area contributed by atoms with Crippen LogP contribution in [0.5, 0.6) is 0 Å². The molecule has 4 nitrogen and oxygen atoms in total. The lowest BCUT2D eigenvalue weighted by Crippen LogP contribution is -2.18. The van der Waals surface area contributed by atoms with Crippen molar-refractivity contribution in [2.24, 2.45) is 11.7 Å². The highest BCUT2D eigenvalue weighted by molar-refractivity contribution is 7.98. The van der Waals surface area contributed by atoms with Gasteiger partial charge in [-0.2, -0.15) is 0 Å². The molecule has 0 amide bonds. The number of nitrogens with two attached hydrogens (primary N) is 1. The third kappa shape index (κ3) is 3.84. The molecule has 2 aromatic rings. The Labute approximate surface area is 124 Å². The Morgan fingerprint density at radius 3 is 2.60 bits per heavy atom. The highest BCUT2D eigenvalue weighted by Crippen LogP contribution is 2.26. The van der Waals surface area contributed by atoms with Gasteiger partial charge in [0.1, 0.15) is 0 Å². The van der Waals surface area contributed by atoms with Crippen molar-refractivity contribution in [3.63, 3.8) is 0 Å². The molecule has 0 bridgehead atoms. The number of hydrogen-bond acceptors (Lipinski definition) is 5. The normalized spacial score (nSPS) is 14.2. The van der Waals surface area contributed by atoms with Crippen molar-refractivity contribution in [3.05, 3.63) is 41.3 Å². The second-order valence-electron chi connectivity index (χ2n) is 5.09. The zero-order chi connectivity index (χ0) is 14.5. The SMILES string of the molecule is CCC(C)C(N)c1nnc(SCc2ccc(C)cc2)o1. The predicted octanol–water partition coefficient (Wildman–Crippen LogP) is 3.72. The second kappa shape index (κ2) is 6.90. The van der Waals surface area contributed by atoms with Crippen molar-refractivity contribution < 1.29 is 4.42 Å². The van der Waals surface area contributed by atoms with Crippen LogP contribution in [0.25, 0.3) is 0 Å². The van der Waals surface area contributed by atoms with Crippen molar-refractivity contribution >= 4 is 11.8 Å². The van der Waals surface area contributed by atoms with Gasteiger partial charge in [0, 0.05) is 5.75 Å². The van der Waals surface area contributed by atoms with E-state index in [2.05, 4.69) is 55.2 Å². The molecule has 0 saturated carbocycles. The standard InChI is InChI=1S/C15H21N3OS/c1-4-11(3)13(16)14-17-18-15(19-14)20-9-12-7-5-10(2)6-8-12/h5-8,11,13H,4,9,16H2,1-3H3. The van der Waals surface area contributed by atoms with Gasteiger partial charge in [0.15, 0.2) is 0 Å². The van der Waals surface area contributed by atoms with E-state index < -0.39 is 0 Å². The minimum Gasteiger partial charge on any atom is -0.414 e. The number of rotatable bonds is 6. The zero-order valence-corrected chi connectivity index (χ0v) is 13.0. The molecule has 0 saturated heterocycles. The summed E-state index contributed by atoms with van der Waals surface area (Å²) in [4.78, 5) is 0. The van der Waals surface area contributed by atoms with E-state index in [1.165, 1.54) is 11.1 Å². The highest BCUT2D eigenvalue weighted by atomic mass is 32.2. The summed E-state index contributed by atoms with van der Waals surface area (Å²) < 4.78 is 5.63. The van der Waals surface area contributed by atoms with E-state index >= 15 is 0 Å². The fourth-order valence-corrected chi connectivity index (χ4v) is 2.47. The maximum absolute atomic E-state index is 6.08. The molecule has 1 heterocycles. The van der Waals surface area contributed by atoms with Gasteiger partial charge < -0.3 is 10.2 Å². The van der Waals surface area contributed by atoms with E-state index in [9.17, 15) is 0 Å². The Hall–Kier alpha value is -1.33. The monoisotopic (exact) mass is 291 g/mol. The maximum Gasteiger partial charge on any atom is 0.276 e. The topological polar surface area (TPSA) is 64.9 Å². The van der Waals surface area contributed by atoms with Crippen LogP contribution in [0.1, 0.15) is 43.3 Å². The fraction of sp³-hybridized carbons (Fsp3) is 0.467. The number of benzene rings is 1. The minimum absolute atomic E-state index is 0.179. The average Bonchev–Trinajstić information content (AvgIpc) is 2.94. The van der Waals surface area contributed by atoms with E-state index in [-0.39, 0.29) is 6.04 Å². The summed E-state index contributed by atoms with van der Waals surface area (Å²) in [5, 5.41) is 8.68. The summed E-state index contributed by atoms with van der Waals surface area (Å²) in [6.07, 6.45) is 0.995. The Morgan fingerprint density at radius 2 is 1.95 bits per heavy atom. The summed E-state index contributed by atoms with van der Waals surface area (Å²) in [5.74, 6) is 1.69. The summed E-state index contributed by atoms with van der Waals surface area (Å²) in [6, 6.07) is 8.26. The molecular formula is C15H21N3OS. The Bertz CT molecular complexity index is 538. The van der Waals surface area contributed by atoms with Crippen LogP contribution >= 0.6 is 11.8 Å². The van der Waals surface area contributed by atoms with Gasteiger partial charge in [0.25, 0.3) is 5.22 Å². The molecule has 20 heavy (non-hydrogen) atoms. The van der Waals surface area contributed by atoms with Crippen LogP contribution < -0.4 is 5.73 Å². The molecule has 0 fully saturated rings. The average molecular weight is 291 g/mol. The van der Waals surface area contributed by atoms with Crippen LogP contribution in [0.3, 0.4) is 0 Å². The molecule has 0 radical (unpaired) electrons. The van der Waals surface area contributed by atoms with Gasteiger partial charge in [-0.1, -0.05) is 61.9 Å². The number of thioether (sulfide) groups is 1. The number of hydrogen-bond donors (Lipinski definition) is 1. The summed E-state index contributed by atoms with van der Waals surface area (Å²) >= 11 is 1.54. The molecule has 1 aromatic heterocycles. The number of aryl methyl sites for hydroxylation is 1.